The van der Waals surface area contributed by atoms with E-state index in [1.807, 2.05) is 55.5 Å². The summed E-state index contributed by atoms with van der Waals surface area (Å²) in [5.74, 6) is 0.896. The SMILES string of the molecule is CC1=CN(C)NC(c2ccccc2)=N1. The highest BCUT2D eigenvalue weighted by Gasteiger charge is 2.08. The minimum absolute atomic E-state index is 0.896. The van der Waals surface area contributed by atoms with Crippen LogP contribution in [0.5, 0.6) is 0 Å². The van der Waals surface area contributed by atoms with Crippen molar-refractivity contribution in [3.8, 4) is 0 Å². The van der Waals surface area contributed by atoms with Gasteiger partial charge in [-0.15, -0.1) is 0 Å². The van der Waals surface area contributed by atoms with Gasteiger partial charge in [0.05, 0.1) is 5.70 Å². The van der Waals surface area contributed by atoms with E-state index in [0.717, 1.165) is 17.1 Å². The van der Waals surface area contributed by atoms with Gasteiger partial charge >= 0.3 is 0 Å². The van der Waals surface area contributed by atoms with E-state index in [-0.39, 0.29) is 0 Å². The lowest BCUT2D eigenvalue weighted by molar-refractivity contribution is 0.398. The highest BCUT2D eigenvalue weighted by Crippen LogP contribution is 2.07. The van der Waals surface area contributed by atoms with Gasteiger partial charge in [-0.05, 0) is 6.92 Å². The van der Waals surface area contributed by atoms with Crippen LogP contribution >= 0.6 is 0 Å². The average Bonchev–Trinajstić information content (AvgIpc) is 2.18. The zero-order valence-electron chi connectivity index (χ0n) is 8.36. The van der Waals surface area contributed by atoms with E-state index in [0.29, 0.717) is 0 Å². The Morgan fingerprint density at radius 3 is 2.57 bits per heavy atom. The summed E-state index contributed by atoms with van der Waals surface area (Å²) in [6.45, 7) is 1.99. The molecule has 0 radical (unpaired) electrons. The van der Waals surface area contributed by atoms with Crippen LogP contribution in [0.15, 0.2) is 47.2 Å². The first kappa shape index (κ1) is 8.81. The van der Waals surface area contributed by atoms with Gasteiger partial charge in [-0.3, -0.25) is 10.4 Å². The van der Waals surface area contributed by atoms with Crippen LogP contribution in [-0.4, -0.2) is 17.9 Å². The fourth-order valence-electron chi connectivity index (χ4n) is 1.43. The quantitative estimate of drug-likeness (QED) is 0.725. The Labute approximate surface area is 83.7 Å². The van der Waals surface area contributed by atoms with Crippen LogP contribution in [0.3, 0.4) is 0 Å². The molecule has 1 aliphatic heterocycles. The van der Waals surface area contributed by atoms with E-state index in [9.17, 15) is 0 Å². The molecule has 0 spiro atoms. The van der Waals surface area contributed by atoms with Crippen molar-refractivity contribution in [2.75, 3.05) is 7.05 Å². The Kier molecular flexibility index (Phi) is 2.23. The Morgan fingerprint density at radius 2 is 1.93 bits per heavy atom. The molecular weight excluding hydrogens is 174 g/mol. The Morgan fingerprint density at radius 1 is 1.21 bits per heavy atom. The van der Waals surface area contributed by atoms with Gasteiger partial charge < -0.3 is 0 Å². The minimum atomic E-state index is 0.896. The molecule has 0 unspecified atom stereocenters. The molecule has 3 heteroatoms. The van der Waals surface area contributed by atoms with Crippen molar-refractivity contribution >= 4 is 5.84 Å². The Bertz CT molecular complexity index is 379. The smallest absolute Gasteiger partial charge is 0.152 e. The van der Waals surface area contributed by atoms with Crippen LogP contribution in [0.1, 0.15) is 12.5 Å². The monoisotopic (exact) mass is 187 g/mol. The minimum Gasteiger partial charge on any atom is -0.295 e. The van der Waals surface area contributed by atoms with E-state index < -0.39 is 0 Å². The van der Waals surface area contributed by atoms with Crippen molar-refractivity contribution in [1.29, 1.82) is 0 Å². The summed E-state index contributed by atoms with van der Waals surface area (Å²) in [5, 5.41) is 1.91. The Hall–Kier alpha value is -1.77. The van der Waals surface area contributed by atoms with E-state index in [1.165, 1.54) is 0 Å². The molecule has 0 bridgehead atoms. The standard InChI is InChI=1S/C11H13N3/c1-9-8-14(2)13-11(12-9)10-6-4-3-5-7-10/h3-8H,1-2H3,(H,12,13). The molecule has 1 heterocycles. The van der Waals surface area contributed by atoms with Gasteiger partial charge in [0, 0.05) is 18.8 Å². The largest absolute Gasteiger partial charge is 0.295 e. The third-order valence-electron chi connectivity index (χ3n) is 2.00. The maximum atomic E-state index is 4.43. The van der Waals surface area contributed by atoms with Crippen LogP contribution in [0.4, 0.5) is 0 Å². The summed E-state index contributed by atoms with van der Waals surface area (Å²) < 4.78 is 0. The van der Waals surface area contributed by atoms with E-state index in [1.54, 1.807) is 0 Å². The molecule has 0 saturated carbocycles. The van der Waals surface area contributed by atoms with E-state index in [4.69, 9.17) is 0 Å². The first-order valence-electron chi connectivity index (χ1n) is 4.58. The lowest BCUT2D eigenvalue weighted by Gasteiger charge is -2.23. The number of hydrogen-bond acceptors (Lipinski definition) is 3. The summed E-state index contributed by atoms with van der Waals surface area (Å²) >= 11 is 0. The third-order valence-corrected chi connectivity index (χ3v) is 2.00. The zero-order chi connectivity index (χ0) is 9.97. The summed E-state index contributed by atoms with van der Waals surface area (Å²) in [6, 6.07) is 10.1. The summed E-state index contributed by atoms with van der Waals surface area (Å²) in [4.78, 5) is 4.43. The van der Waals surface area contributed by atoms with Crippen molar-refractivity contribution in [2.24, 2.45) is 4.99 Å². The van der Waals surface area contributed by atoms with Gasteiger partial charge in [0.1, 0.15) is 0 Å². The van der Waals surface area contributed by atoms with Gasteiger partial charge in [-0.2, -0.15) is 0 Å². The molecule has 0 amide bonds. The highest BCUT2D eigenvalue weighted by atomic mass is 15.5. The second-order valence-electron chi connectivity index (χ2n) is 3.32. The van der Waals surface area contributed by atoms with Crippen LogP contribution in [0, 0.1) is 0 Å². The number of hydrogen-bond donors (Lipinski definition) is 1. The van der Waals surface area contributed by atoms with E-state index in [2.05, 4.69) is 10.4 Å². The molecule has 0 aromatic heterocycles. The van der Waals surface area contributed by atoms with Crippen LogP contribution in [-0.2, 0) is 0 Å². The third kappa shape index (κ3) is 1.76. The molecule has 14 heavy (non-hydrogen) atoms. The maximum Gasteiger partial charge on any atom is 0.152 e. The topological polar surface area (TPSA) is 27.6 Å². The van der Waals surface area contributed by atoms with Crippen LogP contribution in [0.2, 0.25) is 0 Å². The van der Waals surface area contributed by atoms with Gasteiger partial charge in [-0.25, -0.2) is 4.99 Å². The molecule has 72 valence electrons. The molecule has 1 aromatic rings. The normalized spacial score (nSPS) is 15.7. The maximum absolute atomic E-state index is 4.43. The predicted molar refractivity (Wildman–Crippen MR) is 57.6 cm³/mol. The molecule has 2 rings (SSSR count). The lowest BCUT2D eigenvalue weighted by atomic mass is 10.2. The summed E-state index contributed by atoms with van der Waals surface area (Å²) in [7, 11) is 1.96. The molecule has 0 saturated heterocycles. The number of nitrogens with zero attached hydrogens (tertiary/aromatic N) is 2. The molecule has 3 nitrogen and oxygen atoms in total. The van der Waals surface area contributed by atoms with Gasteiger partial charge in [0.2, 0.25) is 0 Å². The molecule has 0 atom stereocenters. The van der Waals surface area contributed by atoms with Crippen molar-refractivity contribution in [1.82, 2.24) is 10.4 Å². The lowest BCUT2D eigenvalue weighted by Crippen LogP contribution is -2.38. The number of amidine groups is 1. The summed E-state index contributed by atoms with van der Waals surface area (Å²) in [6.07, 6.45) is 1.95. The molecule has 1 aromatic carbocycles. The molecular formula is C11H13N3. The number of allylic oxidation sites excluding steroid dienone is 1. The van der Waals surface area contributed by atoms with Crippen LogP contribution < -0.4 is 5.43 Å². The molecule has 1 aliphatic rings. The van der Waals surface area contributed by atoms with Gasteiger partial charge in [0.25, 0.3) is 0 Å². The molecule has 0 aliphatic carbocycles. The van der Waals surface area contributed by atoms with Crippen molar-refractivity contribution in [2.45, 2.75) is 6.92 Å². The second-order valence-corrected chi connectivity index (χ2v) is 3.32. The van der Waals surface area contributed by atoms with Gasteiger partial charge in [0.15, 0.2) is 5.84 Å². The predicted octanol–water partition coefficient (Wildman–Crippen LogP) is 1.74. The molecule has 0 fully saturated rings. The Balaban J connectivity index is 2.33. The zero-order valence-corrected chi connectivity index (χ0v) is 8.36. The fraction of sp³-hybridized carbons (Fsp3) is 0.182. The van der Waals surface area contributed by atoms with Crippen molar-refractivity contribution < 1.29 is 0 Å². The summed E-state index contributed by atoms with van der Waals surface area (Å²) in [5.41, 5.74) is 5.28. The highest BCUT2D eigenvalue weighted by molar-refractivity contribution is 5.99. The first-order chi connectivity index (χ1) is 6.75. The molecule has 1 N–H and O–H groups in total. The average molecular weight is 187 g/mol. The number of rotatable bonds is 1. The second kappa shape index (κ2) is 3.54. The first-order valence-corrected chi connectivity index (χ1v) is 4.58. The van der Waals surface area contributed by atoms with E-state index >= 15 is 0 Å². The fourth-order valence-corrected chi connectivity index (χ4v) is 1.43. The number of hydrazine groups is 1. The number of nitrogens with one attached hydrogen (secondary N) is 1. The van der Waals surface area contributed by atoms with Crippen molar-refractivity contribution in [3.05, 3.63) is 47.8 Å². The number of benzene rings is 1. The van der Waals surface area contributed by atoms with Gasteiger partial charge in [-0.1, -0.05) is 30.3 Å². The van der Waals surface area contributed by atoms with Crippen molar-refractivity contribution in [3.63, 3.8) is 0 Å². The van der Waals surface area contributed by atoms with Crippen LogP contribution in [0.25, 0.3) is 0 Å². The number of aliphatic imine (C=N–C) groups is 1.